The minimum absolute atomic E-state index is 0.453. The lowest BCUT2D eigenvalue weighted by Gasteiger charge is -2.03. The van der Waals surface area contributed by atoms with E-state index in [1.165, 1.54) is 0 Å². The van der Waals surface area contributed by atoms with Gasteiger partial charge in [-0.25, -0.2) is 8.78 Å². The van der Waals surface area contributed by atoms with E-state index in [1.807, 2.05) is 0 Å². The molecule has 1 aromatic carbocycles. The van der Waals surface area contributed by atoms with Crippen molar-refractivity contribution in [3.8, 4) is 5.75 Å². The number of hydrogen-bond donors (Lipinski definition) is 3. The summed E-state index contributed by atoms with van der Waals surface area (Å²) >= 11 is 0. The zero-order chi connectivity index (χ0) is 9.30. The standard InChI is InChI=1S/C6H5BF2O3/c8-3-1-4(9)6(7(11)12)5(10)2-3/h1-2,10-12H. The Morgan fingerprint density at radius 3 is 2.17 bits per heavy atom. The zero-order valence-electron chi connectivity index (χ0n) is 5.83. The van der Waals surface area contributed by atoms with Gasteiger partial charge in [0.25, 0.3) is 0 Å². The molecule has 0 aliphatic heterocycles. The Morgan fingerprint density at radius 1 is 1.17 bits per heavy atom. The third-order valence-electron chi connectivity index (χ3n) is 1.33. The molecule has 0 heterocycles. The van der Waals surface area contributed by atoms with E-state index in [0.29, 0.717) is 12.1 Å². The predicted octanol–water partition coefficient (Wildman–Crippen LogP) is -0.650. The second kappa shape index (κ2) is 3.08. The quantitative estimate of drug-likeness (QED) is 0.495. The monoisotopic (exact) mass is 174 g/mol. The molecule has 1 aromatic rings. The third kappa shape index (κ3) is 1.54. The molecule has 0 radical (unpaired) electrons. The van der Waals surface area contributed by atoms with Crippen LogP contribution in [0, 0.1) is 11.6 Å². The molecule has 12 heavy (non-hydrogen) atoms. The maximum Gasteiger partial charge on any atom is 0.495 e. The third-order valence-corrected chi connectivity index (χ3v) is 1.33. The van der Waals surface area contributed by atoms with Gasteiger partial charge in [0.05, 0.1) is 5.46 Å². The highest BCUT2D eigenvalue weighted by Crippen LogP contribution is 2.11. The lowest BCUT2D eigenvalue weighted by Crippen LogP contribution is -2.33. The van der Waals surface area contributed by atoms with Crippen molar-refractivity contribution in [1.29, 1.82) is 0 Å². The Balaban J connectivity index is 3.28. The lowest BCUT2D eigenvalue weighted by molar-refractivity contribution is 0.414. The van der Waals surface area contributed by atoms with Crippen molar-refractivity contribution in [3.05, 3.63) is 23.8 Å². The average molecular weight is 174 g/mol. The molecule has 0 bridgehead atoms. The Hall–Kier alpha value is -1.14. The van der Waals surface area contributed by atoms with Crippen LogP contribution in [-0.2, 0) is 0 Å². The van der Waals surface area contributed by atoms with E-state index in [2.05, 4.69) is 0 Å². The molecule has 0 amide bonds. The number of phenols is 1. The molecule has 3 N–H and O–H groups in total. The van der Waals surface area contributed by atoms with Gasteiger partial charge in [0.2, 0.25) is 0 Å². The number of rotatable bonds is 1. The molecule has 0 aromatic heterocycles. The minimum Gasteiger partial charge on any atom is -0.508 e. The van der Waals surface area contributed by atoms with Gasteiger partial charge >= 0.3 is 7.12 Å². The molecule has 6 heteroatoms. The van der Waals surface area contributed by atoms with Gasteiger partial charge in [-0.15, -0.1) is 0 Å². The first-order valence-electron chi connectivity index (χ1n) is 3.06. The van der Waals surface area contributed by atoms with Gasteiger partial charge in [0.15, 0.2) is 0 Å². The van der Waals surface area contributed by atoms with Crippen LogP contribution in [0.15, 0.2) is 12.1 Å². The van der Waals surface area contributed by atoms with Crippen molar-refractivity contribution in [2.24, 2.45) is 0 Å². The molecule has 0 saturated heterocycles. The van der Waals surface area contributed by atoms with E-state index in [4.69, 9.17) is 15.2 Å². The summed E-state index contributed by atoms with van der Waals surface area (Å²) in [5.41, 5.74) is -0.726. The van der Waals surface area contributed by atoms with E-state index in [-0.39, 0.29) is 0 Å². The number of phenolic OH excluding ortho intramolecular Hbond substituents is 1. The average Bonchev–Trinajstić information content (AvgIpc) is 1.82. The number of benzene rings is 1. The molecule has 0 fully saturated rings. The van der Waals surface area contributed by atoms with E-state index in [1.54, 1.807) is 0 Å². The van der Waals surface area contributed by atoms with Crippen LogP contribution in [0.5, 0.6) is 5.75 Å². The van der Waals surface area contributed by atoms with E-state index < -0.39 is 30.0 Å². The number of hydrogen-bond acceptors (Lipinski definition) is 3. The maximum absolute atomic E-state index is 12.6. The summed E-state index contributed by atoms with van der Waals surface area (Å²) in [6, 6.07) is 1.05. The largest absolute Gasteiger partial charge is 0.508 e. The summed E-state index contributed by atoms with van der Waals surface area (Å²) in [7, 11) is -2.15. The molecule has 0 aliphatic carbocycles. The maximum atomic E-state index is 12.6. The summed E-state index contributed by atoms with van der Waals surface area (Å²) in [6.45, 7) is 0. The first-order valence-corrected chi connectivity index (χ1v) is 3.06. The lowest BCUT2D eigenvalue weighted by atomic mass is 9.79. The van der Waals surface area contributed by atoms with Crippen LogP contribution in [0.1, 0.15) is 0 Å². The van der Waals surface area contributed by atoms with Gasteiger partial charge < -0.3 is 15.2 Å². The minimum atomic E-state index is -2.15. The SMILES string of the molecule is OB(O)c1c(O)cc(F)cc1F. The fourth-order valence-electron chi connectivity index (χ4n) is 0.827. The topological polar surface area (TPSA) is 60.7 Å². The van der Waals surface area contributed by atoms with E-state index >= 15 is 0 Å². The van der Waals surface area contributed by atoms with Gasteiger partial charge in [0, 0.05) is 12.1 Å². The number of aromatic hydroxyl groups is 1. The van der Waals surface area contributed by atoms with Crippen LogP contribution in [0.3, 0.4) is 0 Å². The molecule has 3 nitrogen and oxygen atoms in total. The molecule has 0 unspecified atom stereocenters. The van der Waals surface area contributed by atoms with E-state index in [9.17, 15) is 8.78 Å². The molecule has 0 aliphatic rings. The highest BCUT2D eigenvalue weighted by molar-refractivity contribution is 6.59. The van der Waals surface area contributed by atoms with Crippen molar-refractivity contribution in [2.75, 3.05) is 0 Å². The highest BCUT2D eigenvalue weighted by Gasteiger charge is 2.21. The van der Waals surface area contributed by atoms with Gasteiger partial charge in [-0.2, -0.15) is 0 Å². The molecular weight excluding hydrogens is 169 g/mol. The fraction of sp³-hybridized carbons (Fsp3) is 0. The van der Waals surface area contributed by atoms with Crippen molar-refractivity contribution in [3.63, 3.8) is 0 Å². The first-order chi connectivity index (χ1) is 5.52. The van der Waals surface area contributed by atoms with Crippen LogP contribution in [0.25, 0.3) is 0 Å². The molecule has 64 valence electrons. The fourth-order valence-corrected chi connectivity index (χ4v) is 0.827. The number of halogens is 2. The molecule has 0 spiro atoms. The van der Waals surface area contributed by atoms with Gasteiger partial charge in [0.1, 0.15) is 17.4 Å². The summed E-state index contributed by atoms with van der Waals surface area (Å²) in [5.74, 6) is -2.99. The first kappa shape index (κ1) is 8.96. The predicted molar refractivity (Wildman–Crippen MR) is 37.8 cm³/mol. The van der Waals surface area contributed by atoms with Gasteiger partial charge in [-0.3, -0.25) is 0 Å². The molecular formula is C6H5BF2O3. The smallest absolute Gasteiger partial charge is 0.495 e. The zero-order valence-corrected chi connectivity index (χ0v) is 5.83. The van der Waals surface area contributed by atoms with Crippen molar-refractivity contribution in [1.82, 2.24) is 0 Å². The van der Waals surface area contributed by atoms with Crippen LogP contribution >= 0.6 is 0 Å². The second-order valence-electron chi connectivity index (χ2n) is 2.19. The summed E-state index contributed by atoms with van der Waals surface area (Å²) in [4.78, 5) is 0. The molecule has 1 rings (SSSR count). The van der Waals surface area contributed by atoms with Crippen LogP contribution in [-0.4, -0.2) is 22.3 Å². The highest BCUT2D eigenvalue weighted by atomic mass is 19.1. The van der Waals surface area contributed by atoms with Gasteiger partial charge in [-0.05, 0) is 0 Å². The Kier molecular flexibility index (Phi) is 2.30. The summed E-state index contributed by atoms with van der Waals surface area (Å²) < 4.78 is 25.0. The van der Waals surface area contributed by atoms with E-state index in [0.717, 1.165) is 0 Å². The van der Waals surface area contributed by atoms with Crippen LogP contribution < -0.4 is 5.46 Å². The molecule has 0 saturated carbocycles. The Labute approximate surface area is 67.0 Å². The van der Waals surface area contributed by atoms with Crippen LogP contribution in [0.2, 0.25) is 0 Å². The Bertz CT molecular complexity index is 280. The second-order valence-corrected chi connectivity index (χ2v) is 2.19. The summed E-state index contributed by atoms with van der Waals surface area (Å²) in [5, 5.41) is 25.9. The van der Waals surface area contributed by atoms with Crippen LogP contribution in [0.4, 0.5) is 8.78 Å². The summed E-state index contributed by atoms with van der Waals surface area (Å²) in [6.07, 6.45) is 0. The normalized spacial score (nSPS) is 10.0. The molecule has 0 atom stereocenters. The van der Waals surface area contributed by atoms with Crippen molar-refractivity contribution in [2.45, 2.75) is 0 Å². The van der Waals surface area contributed by atoms with Gasteiger partial charge in [-0.1, -0.05) is 0 Å². The van der Waals surface area contributed by atoms with Crippen molar-refractivity contribution < 1.29 is 23.9 Å². The Morgan fingerprint density at radius 2 is 1.75 bits per heavy atom. The van der Waals surface area contributed by atoms with Crippen molar-refractivity contribution >= 4 is 12.6 Å².